The van der Waals surface area contributed by atoms with E-state index in [9.17, 15) is 9.90 Å². The first-order valence-corrected chi connectivity index (χ1v) is 8.61. The molecule has 0 bridgehead atoms. The minimum Gasteiger partial charge on any atom is -0.486 e. The Morgan fingerprint density at radius 2 is 1.92 bits per heavy atom. The Morgan fingerprint density at radius 3 is 2.72 bits per heavy atom. The number of aliphatic hydroxyl groups is 1. The largest absolute Gasteiger partial charge is 0.486 e. The molecule has 2 aromatic rings. The molecule has 25 heavy (non-hydrogen) atoms. The fraction of sp³-hybridized carbons (Fsp3) is 0.316. The van der Waals surface area contributed by atoms with E-state index >= 15 is 0 Å². The monoisotopic (exact) mass is 359 g/mol. The highest BCUT2D eigenvalue weighted by molar-refractivity contribution is 6.31. The van der Waals surface area contributed by atoms with Crippen molar-refractivity contribution in [2.45, 2.75) is 19.1 Å². The molecule has 1 unspecified atom stereocenters. The Morgan fingerprint density at radius 1 is 1.20 bits per heavy atom. The molecule has 0 spiro atoms. The number of carbonyl (C=O) groups excluding carboxylic acids is 1. The number of β-amino-alcohol motifs (C(OH)–C–C–N with tert-alkyl or cyclic N) is 1. The van der Waals surface area contributed by atoms with E-state index in [0.29, 0.717) is 41.8 Å². The molecule has 130 valence electrons. The van der Waals surface area contributed by atoms with Crippen LogP contribution in [-0.2, 0) is 17.8 Å². The lowest BCUT2D eigenvalue weighted by atomic mass is 9.97. The van der Waals surface area contributed by atoms with E-state index in [0.717, 1.165) is 11.1 Å². The molecular weight excluding hydrogens is 342 g/mol. The summed E-state index contributed by atoms with van der Waals surface area (Å²) in [6.07, 6.45) is -0.505. The summed E-state index contributed by atoms with van der Waals surface area (Å²) in [4.78, 5) is 14.4. The van der Waals surface area contributed by atoms with Crippen molar-refractivity contribution in [3.63, 3.8) is 0 Å². The van der Waals surface area contributed by atoms with Crippen molar-refractivity contribution in [2.75, 3.05) is 19.8 Å². The standard InChI is InChI=1S/C19H18ClNO4/c20-15-9-18-17(24-5-6-25-18)7-13(15)8-19(23)21-10-12-3-1-2-4-14(12)16(22)11-21/h1-4,7,9,16,22H,5-6,8,10-11H2. The molecule has 2 aromatic carbocycles. The molecule has 1 amide bonds. The second kappa shape index (κ2) is 6.58. The average Bonchev–Trinajstić information content (AvgIpc) is 2.62. The smallest absolute Gasteiger partial charge is 0.227 e. The maximum Gasteiger partial charge on any atom is 0.227 e. The average molecular weight is 360 g/mol. The summed E-state index contributed by atoms with van der Waals surface area (Å²) in [6.45, 7) is 1.76. The quantitative estimate of drug-likeness (QED) is 0.895. The zero-order valence-electron chi connectivity index (χ0n) is 13.6. The lowest BCUT2D eigenvalue weighted by molar-refractivity contribution is -0.133. The lowest BCUT2D eigenvalue weighted by Crippen LogP contribution is -2.39. The van der Waals surface area contributed by atoms with Gasteiger partial charge in [-0.25, -0.2) is 0 Å². The summed E-state index contributed by atoms with van der Waals surface area (Å²) in [5, 5.41) is 10.8. The topological polar surface area (TPSA) is 59.0 Å². The van der Waals surface area contributed by atoms with Crippen molar-refractivity contribution in [1.82, 2.24) is 4.90 Å². The summed E-state index contributed by atoms with van der Waals surface area (Å²) < 4.78 is 11.1. The van der Waals surface area contributed by atoms with E-state index in [4.69, 9.17) is 21.1 Å². The van der Waals surface area contributed by atoms with Crippen LogP contribution in [0.1, 0.15) is 22.8 Å². The van der Waals surface area contributed by atoms with Crippen LogP contribution in [0.3, 0.4) is 0 Å². The number of halogens is 1. The summed E-state index contributed by atoms with van der Waals surface area (Å²) in [6, 6.07) is 11.1. The molecule has 6 heteroatoms. The summed E-state index contributed by atoms with van der Waals surface area (Å²) >= 11 is 6.30. The van der Waals surface area contributed by atoms with Crippen LogP contribution in [0.15, 0.2) is 36.4 Å². The zero-order valence-corrected chi connectivity index (χ0v) is 14.3. The van der Waals surface area contributed by atoms with Crippen LogP contribution in [-0.4, -0.2) is 35.7 Å². The molecule has 1 atom stereocenters. The molecule has 0 fully saturated rings. The third-order valence-corrected chi connectivity index (χ3v) is 4.93. The van der Waals surface area contributed by atoms with Gasteiger partial charge in [0.15, 0.2) is 11.5 Å². The number of fused-ring (bicyclic) bond motifs is 2. The molecule has 0 aliphatic carbocycles. The maximum atomic E-state index is 12.7. The number of ether oxygens (including phenoxy) is 2. The first-order valence-electron chi connectivity index (χ1n) is 8.23. The molecule has 2 aliphatic rings. The van der Waals surface area contributed by atoms with Crippen LogP contribution in [0.2, 0.25) is 5.02 Å². The van der Waals surface area contributed by atoms with Gasteiger partial charge in [0, 0.05) is 17.6 Å². The lowest BCUT2D eigenvalue weighted by Gasteiger charge is -2.32. The fourth-order valence-corrected chi connectivity index (χ4v) is 3.51. The Labute approximate surface area is 150 Å². The molecule has 1 N–H and O–H groups in total. The highest BCUT2D eigenvalue weighted by atomic mass is 35.5. The Bertz CT molecular complexity index is 823. The van der Waals surface area contributed by atoms with Gasteiger partial charge < -0.3 is 19.5 Å². The summed E-state index contributed by atoms with van der Waals surface area (Å²) in [7, 11) is 0. The number of benzene rings is 2. The third-order valence-electron chi connectivity index (χ3n) is 4.57. The van der Waals surface area contributed by atoms with Crippen LogP contribution in [0.25, 0.3) is 0 Å². The first-order chi connectivity index (χ1) is 12.1. The van der Waals surface area contributed by atoms with E-state index in [2.05, 4.69) is 0 Å². The molecule has 0 aromatic heterocycles. The second-order valence-corrected chi connectivity index (χ2v) is 6.66. The van der Waals surface area contributed by atoms with Crippen molar-refractivity contribution in [3.05, 3.63) is 58.1 Å². The molecule has 0 saturated carbocycles. The highest BCUT2D eigenvalue weighted by Gasteiger charge is 2.27. The van der Waals surface area contributed by atoms with Crippen molar-refractivity contribution < 1.29 is 19.4 Å². The van der Waals surface area contributed by atoms with Crippen LogP contribution in [0.5, 0.6) is 11.5 Å². The fourth-order valence-electron chi connectivity index (χ4n) is 3.29. The van der Waals surface area contributed by atoms with Crippen LogP contribution in [0, 0.1) is 0 Å². The van der Waals surface area contributed by atoms with E-state index < -0.39 is 6.10 Å². The van der Waals surface area contributed by atoms with Crippen molar-refractivity contribution in [1.29, 1.82) is 0 Å². The van der Waals surface area contributed by atoms with Gasteiger partial charge in [0.05, 0.1) is 19.1 Å². The van der Waals surface area contributed by atoms with Crippen molar-refractivity contribution >= 4 is 17.5 Å². The van der Waals surface area contributed by atoms with Gasteiger partial charge in [-0.05, 0) is 22.8 Å². The molecule has 2 aliphatic heterocycles. The predicted molar refractivity (Wildman–Crippen MR) is 93.0 cm³/mol. The van der Waals surface area contributed by atoms with Crippen molar-refractivity contribution in [3.8, 4) is 11.5 Å². The Balaban J connectivity index is 1.53. The number of carbonyl (C=O) groups is 1. The van der Waals surface area contributed by atoms with Crippen molar-refractivity contribution in [2.24, 2.45) is 0 Å². The van der Waals surface area contributed by atoms with E-state index in [1.165, 1.54) is 0 Å². The van der Waals surface area contributed by atoms with E-state index in [-0.39, 0.29) is 18.9 Å². The van der Waals surface area contributed by atoms with Gasteiger partial charge in [-0.15, -0.1) is 0 Å². The number of aliphatic hydroxyl groups excluding tert-OH is 1. The minimum atomic E-state index is -0.662. The van der Waals surface area contributed by atoms with E-state index in [1.807, 2.05) is 24.3 Å². The predicted octanol–water partition coefficient (Wildman–Crippen LogP) is 2.73. The molecule has 2 heterocycles. The summed E-state index contributed by atoms with van der Waals surface area (Å²) in [5.41, 5.74) is 2.57. The first kappa shape index (κ1) is 16.2. The van der Waals surface area contributed by atoms with Gasteiger partial charge in [0.1, 0.15) is 13.2 Å². The molecule has 0 saturated heterocycles. The number of rotatable bonds is 2. The van der Waals surface area contributed by atoms with Crippen LogP contribution >= 0.6 is 11.6 Å². The van der Waals surface area contributed by atoms with Gasteiger partial charge in [0.2, 0.25) is 5.91 Å². The summed E-state index contributed by atoms with van der Waals surface area (Å²) in [5.74, 6) is 1.14. The van der Waals surface area contributed by atoms with E-state index in [1.54, 1.807) is 17.0 Å². The molecule has 4 rings (SSSR count). The van der Waals surface area contributed by atoms with Gasteiger partial charge in [-0.3, -0.25) is 4.79 Å². The molecule has 5 nitrogen and oxygen atoms in total. The number of hydrogen-bond donors (Lipinski definition) is 1. The highest BCUT2D eigenvalue weighted by Crippen LogP contribution is 2.36. The SMILES string of the molecule is O=C(Cc1cc2c(cc1Cl)OCCO2)N1Cc2ccccc2C(O)C1. The number of amides is 1. The zero-order chi connectivity index (χ0) is 17.4. The maximum absolute atomic E-state index is 12.7. The Kier molecular flexibility index (Phi) is 4.27. The second-order valence-electron chi connectivity index (χ2n) is 6.25. The molecule has 0 radical (unpaired) electrons. The number of nitrogens with zero attached hydrogens (tertiary/aromatic N) is 1. The Hall–Kier alpha value is -2.24. The third kappa shape index (κ3) is 3.17. The van der Waals surface area contributed by atoms with Gasteiger partial charge in [0.25, 0.3) is 0 Å². The van der Waals surface area contributed by atoms with Gasteiger partial charge in [-0.1, -0.05) is 35.9 Å². The number of hydrogen-bond acceptors (Lipinski definition) is 4. The van der Waals surface area contributed by atoms with Crippen LogP contribution in [0.4, 0.5) is 0 Å². The van der Waals surface area contributed by atoms with Gasteiger partial charge >= 0.3 is 0 Å². The normalized spacial score (nSPS) is 18.6. The molecular formula is C19H18ClNO4. The van der Waals surface area contributed by atoms with Crippen LogP contribution < -0.4 is 9.47 Å². The van der Waals surface area contributed by atoms with Gasteiger partial charge in [-0.2, -0.15) is 0 Å². The minimum absolute atomic E-state index is 0.0767.